The third-order valence-electron chi connectivity index (χ3n) is 2.45. The van der Waals surface area contributed by atoms with Crippen molar-refractivity contribution in [3.63, 3.8) is 0 Å². The zero-order valence-electron chi connectivity index (χ0n) is 9.52. The van der Waals surface area contributed by atoms with Gasteiger partial charge in [-0.05, 0) is 31.9 Å². The van der Waals surface area contributed by atoms with Crippen LogP contribution in [-0.4, -0.2) is 0 Å². The van der Waals surface area contributed by atoms with Crippen LogP contribution in [0.3, 0.4) is 0 Å². The van der Waals surface area contributed by atoms with E-state index in [4.69, 9.17) is 0 Å². The number of rotatable bonds is 2. The van der Waals surface area contributed by atoms with Crippen molar-refractivity contribution in [3.05, 3.63) is 70.1 Å². The fourth-order valence-electron chi connectivity index (χ4n) is 1.55. The molecule has 2 aliphatic carbocycles. The van der Waals surface area contributed by atoms with Gasteiger partial charge in [0.2, 0.25) is 0 Å². The van der Waals surface area contributed by atoms with Crippen molar-refractivity contribution in [3.8, 4) is 0 Å². The van der Waals surface area contributed by atoms with Gasteiger partial charge in [-0.3, -0.25) is 0 Å². The van der Waals surface area contributed by atoms with Crippen LogP contribution in [0.2, 0.25) is 0 Å². The van der Waals surface area contributed by atoms with E-state index in [1.54, 1.807) is 0 Å². The Kier molecular flexibility index (Phi) is 4.06. The lowest BCUT2D eigenvalue weighted by atomic mass is 10.2. The first kappa shape index (κ1) is 11.3. The maximum absolute atomic E-state index is 2.26. The van der Waals surface area contributed by atoms with Gasteiger partial charge in [-0.15, -0.1) is 0 Å². The zero-order valence-corrected chi connectivity index (χ0v) is 10.3. The molecular weight excluding hydrogens is 212 g/mol. The third kappa shape index (κ3) is 3.42. The SMILES string of the molecule is CC1=CC=C(SC2=CCC=CC=C2)C=CC1. The quantitative estimate of drug-likeness (QED) is 0.647. The van der Waals surface area contributed by atoms with Crippen molar-refractivity contribution in [2.45, 2.75) is 19.8 Å². The minimum absolute atomic E-state index is 1.03. The van der Waals surface area contributed by atoms with Crippen LogP contribution in [0.4, 0.5) is 0 Å². The second-order valence-corrected chi connectivity index (χ2v) is 5.07. The molecule has 0 N–H and O–H groups in total. The van der Waals surface area contributed by atoms with Crippen molar-refractivity contribution >= 4 is 11.8 Å². The van der Waals surface area contributed by atoms with Gasteiger partial charge in [-0.25, -0.2) is 0 Å². The lowest BCUT2D eigenvalue weighted by Crippen LogP contribution is -1.73. The van der Waals surface area contributed by atoms with Gasteiger partial charge < -0.3 is 0 Å². The number of hydrogen-bond donors (Lipinski definition) is 0. The molecule has 0 amide bonds. The van der Waals surface area contributed by atoms with Crippen LogP contribution in [0.25, 0.3) is 0 Å². The molecule has 1 heteroatoms. The first-order valence-electron chi connectivity index (χ1n) is 5.60. The Bertz CT molecular complexity index is 428. The predicted octanol–water partition coefficient (Wildman–Crippen LogP) is 4.91. The molecule has 0 saturated heterocycles. The monoisotopic (exact) mass is 228 g/mol. The molecule has 0 saturated carbocycles. The van der Waals surface area contributed by atoms with Crippen molar-refractivity contribution < 1.29 is 0 Å². The standard InChI is InChI=1S/C15H16S/c1-13-7-6-10-15(12-11-13)16-14-8-4-2-3-5-9-14/h2-4,6,8-12H,5,7H2,1H3. The van der Waals surface area contributed by atoms with Crippen molar-refractivity contribution in [2.24, 2.45) is 0 Å². The van der Waals surface area contributed by atoms with E-state index in [0.717, 1.165) is 12.8 Å². The van der Waals surface area contributed by atoms with Crippen molar-refractivity contribution in [1.82, 2.24) is 0 Å². The Morgan fingerprint density at radius 1 is 1.00 bits per heavy atom. The van der Waals surface area contributed by atoms with E-state index in [2.05, 4.69) is 61.6 Å². The Hall–Kier alpha value is -1.21. The second kappa shape index (κ2) is 5.76. The van der Waals surface area contributed by atoms with E-state index in [0.29, 0.717) is 0 Å². The highest BCUT2D eigenvalue weighted by atomic mass is 32.2. The third-order valence-corrected chi connectivity index (χ3v) is 3.50. The normalized spacial score (nSPS) is 19.7. The van der Waals surface area contributed by atoms with E-state index in [1.807, 2.05) is 11.8 Å². The van der Waals surface area contributed by atoms with Crippen LogP contribution in [-0.2, 0) is 0 Å². The average Bonchev–Trinajstić information content (AvgIpc) is 2.63. The lowest BCUT2D eigenvalue weighted by molar-refractivity contribution is 1.22. The fourth-order valence-corrected chi connectivity index (χ4v) is 2.45. The molecule has 0 heterocycles. The van der Waals surface area contributed by atoms with Crippen LogP contribution in [0, 0.1) is 0 Å². The van der Waals surface area contributed by atoms with E-state index in [9.17, 15) is 0 Å². The van der Waals surface area contributed by atoms with Gasteiger partial charge in [0.15, 0.2) is 0 Å². The molecular formula is C15H16S. The maximum Gasteiger partial charge on any atom is 0.0119 e. The summed E-state index contributed by atoms with van der Waals surface area (Å²) in [5, 5.41) is 0. The minimum Gasteiger partial charge on any atom is -0.0904 e. The molecule has 0 aromatic carbocycles. The molecule has 0 fully saturated rings. The van der Waals surface area contributed by atoms with E-state index < -0.39 is 0 Å². The minimum atomic E-state index is 1.03. The Morgan fingerprint density at radius 2 is 1.94 bits per heavy atom. The summed E-state index contributed by atoms with van der Waals surface area (Å²) in [4.78, 5) is 2.64. The van der Waals surface area contributed by atoms with Crippen molar-refractivity contribution in [1.29, 1.82) is 0 Å². The van der Waals surface area contributed by atoms with Crippen LogP contribution >= 0.6 is 11.8 Å². The number of allylic oxidation sites excluding steroid dienone is 10. The molecule has 82 valence electrons. The van der Waals surface area contributed by atoms with Crippen LogP contribution in [0.15, 0.2) is 70.1 Å². The molecule has 0 bridgehead atoms. The molecule has 0 spiro atoms. The highest BCUT2D eigenvalue weighted by Crippen LogP contribution is 2.30. The predicted molar refractivity (Wildman–Crippen MR) is 74.2 cm³/mol. The summed E-state index contributed by atoms with van der Waals surface area (Å²) < 4.78 is 0. The molecule has 0 radical (unpaired) electrons. The first-order chi connectivity index (χ1) is 7.84. The summed E-state index contributed by atoms with van der Waals surface area (Å²) in [7, 11) is 0. The topological polar surface area (TPSA) is 0 Å². The summed E-state index contributed by atoms with van der Waals surface area (Å²) in [6.07, 6.45) is 21.8. The fraction of sp³-hybridized carbons (Fsp3) is 0.200. The van der Waals surface area contributed by atoms with Crippen LogP contribution < -0.4 is 0 Å². The highest BCUT2D eigenvalue weighted by molar-refractivity contribution is 8.07. The van der Waals surface area contributed by atoms with Gasteiger partial charge in [0.05, 0.1) is 0 Å². The van der Waals surface area contributed by atoms with E-state index in [-0.39, 0.29) is 0 Å². The van der Waals surface area contributed by atoms with Gasteiger partial charge >= 0.3 is 0 Å². The Balaban J connectivity index is 2.07. The maximum atomic E-state index is 2.26. The van der Waals surface area contributed by atoms with Crippen molar-refractivity contribution in [2.75, 3.05) is 0 Å². The molecule has 0 aromatic rings. The van der Waals surface area contributed by atoms with Crippen LogP contribution in [0.1, 0.15) is 19.8 Å². The summed E-state index contributed by atoms with van der Waals surface area (Å²) in [6.45, 7) is 2.17. The molecule has 2 aliphatic rings. The van der Waals surface area contributed by atoms with Gasteiger partial charge in [0.25, 0.3) is 0 Å². The van der Waals surface area contributed by atoms with E-state index in [1.165, 1.54) is 15.4 Å². The second-order valence-electron chi connectivity index (χ2n) is 3.92. The first-order valence-corrected chi connectivity index (χ1v) is 6.41. The van der Waals surface area contributed by atoms with Gasteiger partial charge in [0.1, 0.15) is 0 Å². The summed E-state index contributed by atoms with van der Waals surface area (Å²) in [6, 6.07) is 0. The van der Waals surface area contributed by atoms with Gasteiger partial charge in [0, 0.05) is 9.81 Å². The van der Waals surface area contributed by atoms with E-state index >= 15 is 0 Å². The van der Waals surface area contributed by atoms with Crippen LogP contribution in [0.5, 0.6) is 0 Å². The molecule has 16 heavy (non-hydrogen) atoms. The number of thioether (sulfide) groups is 1. The Morgan fingerprint density at radius 3 is 2.88 bits per heavy atom. The highest BCUT2D eigenvalue weighted by Gasteiger charge is 2.00. The molecule has 0 atom stereocenters. The molecule has 2 rings (SSSR count). The number of hydrogen-bond acceptors (Lipinski definition) is 1. The largest absolute Gasteiger partial charge is 0.0904 e. The lowest BCUT2D eigenvalue weighted by Gasteiger charge is -2.01. The zero-order chi connectivity index (χ0) is 11.2. The molecule has 0 unspecified atom stereocenters. The average molecular weight is 228 g/mol. The summed E-state index contributed by atoms with van der Waals surface area (Å²) in [5.41, 5.74) is 1.42. The van der Waals surface area contributed by atoms with Gasteiger partial charge in [-0.2, -0.15) is 0 Å². The molecule has 0 nitrogen and oxygen atoms in total. The smallest absolute Gasteiger partial charge is 0.0119 e. The summed E-state index contributed by atoms with van der Waals surface area (Å²) in [5.74, 6) is 0. The molecule has 0 aliphatic heterocycles. The molecule has 0 aromatic heterocycles. The Labute approximate surface area is 102 Å². The summed E-state index contributed by atoms with van der Waals surface area (Å²) >= 11 is 1.83. The van der Waals surface area contributed by atoms with Gasteiger partial charge in [-0.1, -0.05) is 59.9 Å².